The van der Waals surface area contributed by atoms with E-state index in [0.717, 1.165) is 28.5 Å². The molecule has 0 amide bonds. The number of hydrogen-bond donors (Lipinski definition) is 0. The van der Waals surface area contributed by atoms with E-state index in [4.69, 9.17) is 4.98 Å². The lowest BCUT2D eigenvalue weighted by atomic mass is 9.91. The molecule has 0 bridgehead atoms. The summed E-state index contributed by atoms with van der Waals surface area (Å²) >= 11 is 0. The molecule has 240 valence electrons. The number of pyridine rings is 1. The summed E-state index contributed by atoms with van der Waals surface area (Å²) in [5.74, 6) is 1.29. The summed E-state index contributed by atoms with van der Waals surface area (Å²) < 4.78 is 4.86. The summed E-state index contributed by atoms with van der Waals surface area (Å²) in [7, 11) is 0. The van der Waals surface area contributed by atoms with Gasteiger partial charge in [0.1, 0.15) is 5.82 Å². The highest BCUT2D eigenvalue weighted by atomic mass is 15.2. The Morgan fingerprint density at radius 2 is 1.22 bits per heavy atom. The second-order valence-corrected chi connectivity index (χ2v) is 13.5. The van der Waals surface area contributed by atoms with Gasteiger partial charge >= 0.3 is 0 Å². The largest absolute Gasteiger partial charge is 0.318 e. The number of hydrogen-bond acceptors (Lipinski definition) is 2. The van der Waals surface area contributed by atoms with Crippen LogP contribution in [0.15, 0.2) is 182 Å². The lowest BCUT2D eigenvalue weighted by Gasteiger charge is -2.28. The van der Waals surface area contributed by atoms with Gasteiger partial charge in [0, 0.05) is 50.1 Å². The molecule has 51 heavy (non-hydrogen) atoms. The molecule has 0 spiro atoms. The highest BCUT2D eigenvalue weighted by molar-refractivity contribution is 6.26. The molecule has 1 aliphatic carbocycles. The summed E-state index contributed by atoms with van der Waals surface area (Å²) in [5, 5.41) is 5.01. The van der Waals surface area contributed by atoms with Crippen LogP contribution >= 0.6 is 0 Å². The van der Waals surface area contributed by atoms with E-state index < -0.39 is 0 Å². The van der Waals surface area contributed by atoms with Crippen molar-refractivity contribution in [2.75, 3.05) is 4.90 Å². The Kier molecular flexibility index (Phi) is 6.05. The van der Waals surface area contributed by atoms with E-state index in [0.29, 0.717) is 5.92 Å². The molecule has 4 heteroatoms. The average Bonchev–Trinajstić information content (AvgIpc) is 3.84. The van der Waals surface area contributed by atoms with Crippen molar-refractivity contribution < 1.29 is 0 Å². The molecule has 2 aliphatic rings. The molecule has 2 unspecified atom stereocenters. The first-order valence-corrected chi connectivity index (χ1v) is 17.7. The van der Waals surface area contributed by atoms with E-state index in [9.17, 15) is 0 Å². The lowest BCUT2D eigenvalue weighted by Crippen LogP contribution is -2.29. The van der Waals surface area contributed by atoms with Crippen LogP contribution in [0.4, 0.5) is 11.5 Å². The second-order valence-electron chi connectivity index (χ2n) is 13.5. The molecule has 0 saturated carbocycles. The highest BCUT2D eigenvalue weighted by Crippen LogP contribution is 2.47. The van der Waals surface area contributed by atoms with Gasteiger partial charge in [-0.25, -0.2) is 4.98 Å². The standard InChI is InChI=1S/C47H32N4/c1-2-15-32(16-3-1)50-40-23-8-6-20-36(40)37-28-29-44-46(47(37)50)38-21-7-11-26-43(38)49(44)33-17-12-14-31(30-33)39-22-13-27-45(48-39)51-41-24-9-4-18-34(41)35-19-5-10-25-42(35)51/h1-30,34,41H. The molecule has 0 fully saturated rings. The van der Waals surface area contributed by atoms with E-state index in [1.807, 2.05) is 0 Å². The molecule has 4 nitrogen and oxygen atoms in total. The van der Waals surface area contributed by atoms with Crippen molar-refractivity contribution in [3.05, 3.63) is 188 Å². The molecular formula is C47H32N4. The van der Waals surface area contributed by atoms with Crippen LogP contribution in [0.5, 0.6) is 0 Å². The number of anilines is 2. The maximum atomic E-state index is 5.33. The topological polar surface area (TPSA) is 26.0 Å². The number of fused-ring (bicyclic) bond motifs is 10. The number of allylic oxidation sites excluding steroid dienone is 2. The quantitative estimate of drug-likeness (QED) is 0.189. The van der Waals surface area contributed by atoms with Gasteiger partial charge in [-0.15, -0.1) is 0 Å². The third-order valence-electron chi connectivity index (χ3n) is 10.8. The minimum Gasteiger partial charge on any atom is -0.318 e. The molecular weight excluding hydrogens is 621 g/mol. The van der Waals surface area contributed by atoms with Crippen LogP contribution in [0.2, 0.25) is 0 Å². The summed E-state index contributed by atoms with van der Waals surface area (Å²) in [6, 6.07) is 57.1. The molecule has 11 rings (SSSR count). The third kappa shape index (κ3) is 4.11. The predicted octanol–water partition coefficient (Wildman–Crippen LogP) is 11.7. The number of aromatic nitrogens is 3. The predicted molar refractivity (Wildman–Crippen MR) is 212 cm³/mol. The summed E-state index contributed by atoms with van der Waals surface area (Å²) in [5.41, 5.74) is 11.7. The van der Waals surface area contributed by atoms with E-state index >= 15 is 0 Å². The second kappa shape index (κ2) is 10.9. The molecule has 0 saturated heterocycles. The van der Waals surface area contributed by atoms with Gasteiger partial charge in [-0.1, -0.05) is 121 Å². The van der Waals surface area contributed by atoms with Crippen molar-refractivity contribution >= 4 is 55.1 Å². The fourth-order valence-electron chi connectivity index (χ4n) is 8.71. The van der Waals surface area contributed by atoms with Crippen molar-refractivity contribution in [2.45, 2.75) is 12.0 Å². The van der Waals surface area contributed by atoms with Crippen LogP contribution in [0.3, 0.4) is 0 Å². The Balaban J connectivity index is 1.10. The Hall–Kier alpha value is -6.65. The van der Waals surface area contributed by atoms with Gasteiger partial charge in [0.2, 0.25) is 0 Å². The number of benzene rings is 6. The van der Waals surface area contributed by atoms with Crippen LogP contribution in [0.25, 0.3) is 66.2 Å². The molecule has 1 aliphatic heterocycles. The normalized spacial score (nSPS) is 16.4. The van der Waals surface area contributed by atoms with Crippen LogP contribution in [0.1, 0.15) is 11.5 Å². The van der Waals surface area contributed by atoms with Gasteiger partial charge in [0.05, 0.1) is 33.8 Å². The van der Waals surface area contributed by atoms with Crippen molar-refractivity contribution in [3.63, 3.8) is 0 Å². The first kappa shape index (κ1) is 28.2. The Morgan fingerprint density at radius 3 is 2.12 bits per heavy atom. The van der Waals surface area contributed by atoms with Crippen LogP contribution in [0, 0.1) is 0 Å². The van der Waals surface area contributed by atoms with Crippen LogP contribution in [-0.4, -0.2) is 20.2 Å². The van der Waals surface area contributed by atoms with Gasteiger partial charge < -0.3 is 14.0 Å². The van der Waals surface area contributed by atoms with Crippen molar-refractivity contribution in [3.8, 4) is 22.6 Å². The smallest absolute Gasteiger partial charge is 0.134 e. The number of rotatable bonds is 4. The fraction of sp³-hybridized carbons (Fsp3) is 0.0426. The Morgan fingerprint density at radius 1 is 0.490 bits per heavy atom. The zero-order valence-electron chi connectivity index (χ0n) is 27.8. The van der Waals surface area contributed by atoms with E-state index in [1.54, 1.807) is 0 Å². The zero-order chi connectivity index (χ0) is 33.5. The number of nitrogens with zero attached hydrogens (tertiary/aromatic N) is 4. The van der Waals surface area contributed by atoms with Gasteiger partial charge in [-0.05, 0) is 66.2 Å². The van der Waals surface area contributed by atoms with Gasteiger partial charge in [0.25, 0.3) is 0 Å². The minimum absolute atomic E-state index is 0.211. The molecule has 0 radical (unpaired) electrons. The molecule has 0 N–H and O–H groups in total. The molecule has 4 heterocycles. The summed E-state index contributed by atoms with van der Waals surface area (Å²) in [6.07, 6.45) is 8.94. The van der Waals surface area contributed by atoms with Gasteiger partial charge in [-0.3, -0.25) is 0 Å². The fourth-order valence-corrected chi connectivity index (χ4v) is 8.71. The zero-order valence-corrected chi connectivity index (χ0v) is 27.8. The minimum atomic E-state index is 0.211. The van der Waals surface area contributed by atoms with E-state index in [-0.39, 0.29) is 6.04 Å². The lowest BCUT2D eigenvalue weighted by molar-refractivity contribution is 0.738. The monoisotopic (exact) mass is 652 g/mol. The Bertz CT molecular complexity index is 2890. The van der Waals surface area contributed by atoms with Gasteiger partial charge in [-0.2, -0.15) is 0 Å². The highest BCUT2D eigenvalue weighted by Gasteiger charge is 2.37. The third-order valence-corrected chi connectivity index (χ3v) is 10.8. The van der Waals surface area contributed by atoms with E-state index in [2.05, 4.69) is 196 Å². The molecule has 2 atom stereocenters. The van der Waals surface area contributed by atoms with E-state index in [1.165, 1.54) is 54.9 Å². The molecule has 3 aromatic heterocycles. The van der Waals surface area contributed by atoms with Crippen LogP contribution < -0.4 is 4.90 Å². The first-order valence-electron chi connectivity index (χ1n) is 17.7. The average molecular weight is 653 g/mol. The maximum absolute atomic E-state index is 5.33. The molecule has 9 aromatic rings. The number of para-hydroxylation sites is 4. The summed E-state index contributed by atoms with van der Waals surface area (Å²) in [4.78, 5) is 7.73. The van der Waals surface area contributed by atoms with Crippen molar-refractivity contribution in [1.29, 1.82) is 0 Å². The molecule has 6 aromatic carbocycles. The first-order chi connectivity index (χ1) is 25.3. The van der Waals surface area contributed by atoms with Gasteiger partial charge in [0.15, 0.2) is 0 Å². The van der Waals surface area contributed by atoms with Crippen molar-refractivity contribution in [2.24, 2.45) is 0 Å². The Labute approximate surface area is 295 Å². The maximum Gasteiger partial charge on any atom is 0.134 e. The van der Waals surface area contributed by atoms with Crippen molar-refractivity contribution in [1.82, 2.24) is 14.1 Å². The van der Waals surface area contributed by atoms with Crippen LogP contribution in [-0.2, 0) is 0 Å². The SMILES string of the molecule is C1=CC2c3ccccc3N(c3cccc(-c4cccc(-n5c6ccccc6c6c5ccc5c7ccccc7n(-c7ccccc7)c56)c4)n3)C2C=C1. The summed E-state index contributed by atoms with van der Waals surface area (Å²) in [6.45, 7) is 0.